The van der Waals surface area contributed by atoms with Gasteiger partial charge in [0, 0.05) is 16.6 Å². The van der Waals surface area contributed by atoms with Gasteiger partial charge in [0.25, 0.3) is 0 Å². The summed E-state index contributed by atoms with van der Waals surface area (Å²) in [6.07, 6.45) is 1.86. The quantitative estimate of drug-likeness (QED) is 0.901. The molecule has 0 saturated heterocycles. The van der Waals surface area contributed by atoms with Crippen molar-refractivity contribution in [2.45, 2.75) is 19.8 Å². The molecule has 88 valence electrons. The molecule has 3 nitrogen and oxygen atoms in total. The maximum atomic E-state index is 10.9. The average Bonchev–Trinajstić information content (AvgIpc) is 2.78. The molecule has 4 heteroatoms. The van der Waals surface area contributed by atoms with Gasteiger partial charge >= 0.3 is 5.97 Å². The van der Waals surface area contributed by atoms with Crippen LogP contribution in [-0.2, 0) is 0 Å². The minimum atomic E-state index is -0.910. The molecule has 1 aromatic heterocycles. The van der Waals surface area contributed by atoms with Crippen LogP contribution in [0.25, 0.3) is 10.6 Å². The van der Waals surface area contributed by atoms with Crippen LogP contribution >= 0.6 is 11.3 Å². The fourth-order valence-electron chi connectivity index (χ4n) is 1.47. The van der Waals surface area contributed by atoms with Crippen molar-refractivity contribution in [2.24, 2.45) is 0 Å². The van der Waals surface area contributed by atoms with Crippen LogP contribution in [-0.4, -0.2) is 16.1 Å². The molecule has 0 atom stereocenters. The molecule has 2 aromatic rings. The van der Waals surface area contributed by atoms with Gasteiger partial charge < -0.3 is 5.11 Å². The summed E-state index contributed by atoms with van der Waals surface area (Å²) in [5.74, 6) is -0.462. The van der Waals surface area contributed by atoms with E-state index >= 15 is 0 Å². The van der Waals surface area contributed by atoms with E-state index in [-0.39, 0.29) is 0 Å². The third kappa shape index (κ3) is 2.53. The van der Waals surface area contributed by atoms with Crippen LogP contribution in [0.15, 0.2) is 30.5 Å². The maximum absolute atomic E-state index is 10.9. The van der Waals surface area contributed by atoms with Crippen LogP contribution in [0, 0.1) is 0 Å². The Bertz CT molecular complexity index is 546. The molecule has 0 fully saturated rings. The Morgan fingerprint density at radius 2 is 2.18 bits per heavy atom. The normalized spacial score (nSPS) is 10.8. The molecular weight excluding hydrogens is 234 g/mol. The van der Waals surface area contributed by atoms with Gasteiger partial charge in [0.15, 0.2) is 0 Å². The smallest absolute Gasteiger partial charge is 0.335 e. The van der Waals surface area contributed by atoms with E-state index in [4.69, 9.17) is 5.11 Å². The van der Waals surface area contributed by atoms with E-state index in [0.29, 0.717) is 11.5 Å². The van der Waals surface area contributed by atoms with Crippen molar-refractivity contribution in [3.8, 4) is 10.6 Å². The summed E-state index contributed by atoms with van der Waals surface area (Å²) in [7, 11) is 0. The van der Waals surface area contributed by atoms with Crippen molar-refractivity contribution in [3.63, 3.8) is 0 Å². The lowest BCUT2D eigenvalue weighted by Gasteiger charge is -1.99. The number of aromatic nitrogens is 1. The SMILES string of the molecule is CC(C)c1cnc(-c2cccc(C(=O)O)c2)s1. The topological polar surface area (TPSA) is 50.2 Å². The van der Waals surface area contributed by atoms with Crippen LogP contribution in [0.3, 0.4) is 0 Å². The second-order valence-electron chi connectivity index (χ2n) is 4.11. The maximum Gasteiger partial charge on any atom is 0.335 e. The minimum Gasteiger partial charge on any atom is -0.478 e. The lowest BCUT2D eigenvalue weighted by atomic mass is 10.1. The summed E-state index contributed by atoms with van der Waals surface area (Å²) >= 11 is 1.61. The molecule has 0 aliphatic rings. The molecule has 0 unspecified atom stereocenters. The van der Waals surface area contributed by atoms with Crippen LogP contribution in [0.5, 0.6) is 0 Å². The van der Waals surface area contributed by atoms with Crippen LogP contribution in [0.2, 0.25) is 0 Å². The molecule has 1 N–H and O–H groups in total. The molecule has 0 aliphatic heterocycles. The number of rotatable bonds is 3. The van der Waals surface area contributed by atoms with Gasteiger partial charge in [-0.15, -0.1) is 11.3 Å². The second-order valence-corrected chi connectivity index (χ2v) is 5.17. The number of nitrogens with zero attached hydrogens (tertiary/aromatic N) is 1. The van der Waals surface area contributed by atoms with Crippen LogP contribution in [0.1, 0.15) is 35.0 Å². The van der Waals surface area contributed by atoms with E-state index in [1.807, 2.05) is 12.3 Å². The minimum absolute atomic E-state index is 0.295. The zero-order valence-corrected chi connectivity index (χ0v) is 10.5. The summed E-state index contributed by atoms with van der Waals surface area (Å²) in [4.78, 5) is 16.4. The molecule has 1 heterocycles. The Hall–Kier alpha value is -1.68. The lowest BCUT2D eigenvalue weighted by Crippen LogP contribution is -1.95. The van der Waals surface area contributed by atoms with Crippen LogP contribution < -0.4 is 0 Å². The Balaban J connectivity index is 2.38. The molecule has 0 saturated carbocycles. The Morgan fingerprint density at radius 1 is 1.41 bits per heavy atom. The number of thiazole rings is 1. The molecule has 1 aromatic carbocycles. The number of carbonyl (C=O) groups is 1. The van der Waals surface area contributed by atoms with Crippen molar-refractivity contribution in [1.29, 1.82) is 0 Å². The zero-order chi connectivity index (χ0) is 12.4. The van der Waals surface area contributed by atoms with Gasteiger partial charge in [-0.05, 0) is 18.1 Å². The van der Waals surface area contributed by atoms with E-state index in [0.717, 1.165) is 10.6 Å². The van der Waals surface area contributed by atoms with E-state index in [9.17, 15) is 4.79 Å². The summed E-state index contributed by atoms with van der Waals surface area (Å²) in [6.45, 7) is 4.23. The molecule has 0 aliphatic carbocycles. The van der Waals surface area contributed by atoms with Crippen LogP contribution in [0.4, 0.5) is 0 Å². The highest BCUT2D eigenvalue weighted by atomic mass is 32.1. The van der Waals surface area contributed by atoms with Gasteiger partial charge in [-0.2, -0.15) is 0 Å². The first kappa shape index (κ1) is 11.8. The Morgan fingerprint density at radius 3 is 2.76 bits per heavy atom. The predicted molar refractivity (Wildman–Crippen MR) is 68.6 cm³/mol. The number of benzene rings is 1. The van der Waals surface area contributed by atoms with E-state index < -0.39 is 5.97 Å². The zero-order valence-electron chi connectivity index (χ0n) is 9.68. The van der Waals surface area contributed by atoms with Gasteiger partial charge in [-0.3, -0.25) is 0 Å². The van der Waals surface area contributed by atoms with Crippen molar-refractivity contribution >= 4 is 17.3 Å². The number of carboxylic acid groups (broad SMARTS) is 1. The molecule has 0 radical (unpaired) electrons. The second kappa shape index (κ2) is 4.67. The highest BCUT2D eigenvalue weighted by molar-refractivity contribution is 7.15. The summed E-state index contributed by atoms with van der Waals surface area (Å²) in [5.41, 5.74) is 1.16. The average molecular weight is 247 g/mol. The molecule has 0 amide bonds. The van der Waals surface area contributed by atoms with Gasteiger partial charge in [0.05, 0.1) is 5.56 Å². The fraction of sp³-hybridized carbons (Fsp3) is 0.231. The Labute approximate surface area is 104 Å². The third-order valence-electron chi connectivity index (χ3n) is 2.45. The van der Waals surface area contributed by atoms with Gasteiger partial charge in [0.1, 0.15) is 5.01 Å². The number of hydrogen-bond donors (Lipinski definition) is 1. The first-order valence-electron chi connectivity index (χ1n) is 5.37. The summed E-state index contributed by atoms with van der Waals surface area (Å²) < 4.78 is 0. The molecular formula is C13H13NO2S. The third-order valence-corrected chi connectivity index (χ3v) is 3.80. The van der Waals surface area contributed by atoms with Gasteiger partial charge in [-0.25, -0.2) is 9.78 Å². The van der Waals surface area contributed by atoms with E-state index in [2.05, 4.69) is 18.8 Å². The summed E-state index contributed by atoms with van der Waals surface area (Å²) in [5, 5.41) is 9.80. The van der Waals surface area contributed by atoms with E-state index in [1.165, 1.54) is 4.88 Å². The van der Waals surface area contributed by atoms with Crippen molar-refractivity contribution in [1.82, 2.24) is 4.98 Å². The standard InChI is InChI=1S/C13H13NO2S/c1-8(2)11-7-14-12(17-11)9-4-3-5-10(6-9)13(15)16/h3-8H,1-2H3,(H,15,16). The van der Waals surface area contributed by atoms with E-state index in [1.54, 1.807) is 29.5 Å². The predicted octanol–water partition coefficient (Wildman–Crippen LogP) is 3.63. The number of aromatic carboxylic acids is 1. The molecule has 0 spiro atoms. The first-order chi connectivity index (χ1) is 8.08. The van der Waals surface area contributed by atoms with Crippen molar-refractivity contribution in [2.75, 3.05) is 0 Å². The largest absolute Gasteiger partial charge is 0.478 e. The highest BCUT2D eigenvalue weighted by Gasteiger charge is 2.09. The monoisotopic (exact) mass is 247 g/mol. The molecule has 17 heavy (non-hydrogen) atoms. The lowest BCUT2D eigenvalue weighted by molar-refractivity contribution is 0.0697. The fourth-order valence-corrected chi connectivity index (χ4v) is 2.39. The summed E-state index contributed by atoms with van der Waals surface area (Å²) in [6, 6.07) is 6.87. The van der Waals surface area contributed by atoms with Gasteiger partial charge in [-0.1, -0.05) is 26.0 Å². The van der Waals surface area contributed by atoms with Crippen molar-refractivity contribution in [3.05, 3.63) is 40.9 Å². The van der Waals surface area contributed by atoms with Crippen molar-refractivity contribution < 1.29 is 9.90 Å². The Kier molecular flexibility index (Phi) is 3.24. The molecule has 0 bridgehead atoms. The highest BCUT2D eigenvalue weighted by Crippen LogP contribution is 2.29. The number of hydrogen-bond acceptors (Lipinski definition) is 3. The number of carboxylic acids is 1. The van der Waals surface area contributed by atoms with Gasteiger partial charge in [0.2, 0.25) is 0 Å². The first-order valence-corrected chi connectivity index (χ1v) is 6.19. The molecule has 2 rings (SSSR count).